The van der Waals surface area contributed by atoms with E-state index in [1.54, 1.807) is 4.90 Å². The lowest BCUT2D eigenvalue weighted by atomic mass is 10.1. The highest BCUT2D eigenvalue weighted by Crippen LogP contribution is 2.31. The summed E-state index contributed by atoms with van der Waals surface area (Å²) in [7, 11) is 0. The molecule has 2 heterocycles. The van der Waals surface area contributed by atoms with Gasteiger partial charge in [0.05, 0.1) is 6.07 Å². The Labute approximate surface area is 136 Å². The zero-order chi connectivity index (χ0) is 17.3. The zero-order valence-electron chi connectivity index (χ0n) is 12.8. The van der Waals surface area contributed by atoms with Gasteiger partial charge < -0.3 is 14.1 Å². The molecule has 1 aliphatic heterocycles. The van der Waals surface area contributed by atoms with Crippen molar-refractivity contribution in [2.24, 2.45) is 0 Å². The highest BCUT2D eigenvalue weighted by atomic mass is 16.7. The normalized spacial score (nSPS) is 15.9. The van der Waals surface area contributed by atoms with E-state index in [-0.39, 0.29) is 17.7 Å². The van der Waals surface area contributed by atoms with E-state index in [2.05, 4.69) is 0 Å². The molecule has 24 heavy (non-hydrogen) atoms. The Morgan fingerprint density at radius 1 is 1.33 bits per heavy atom. The van der Waals surface area contributed by atoms with Crippen molar-refractivity contribution in [3.63, 3.8) is 0 Å². The number of para-hydroxylation sites is 1. The van der Waals surface area contributed by atoms with Crippen LogP contribution in [0.5, 0.6) is 0 Å². The van der Waals surface area contributed by atoms with E-state index in [1.165, 1.54) is 0 Å². The number of rotatable bonds is 4. The smallest absolute Gasteiger partial charge is 0.433 e. The van der Waals surface area contributed by atoms with E-state index >= 15 is 0 Å². The Kier molecular flexibility index (Phi) is 4.03. The summed E-state index contributed by atoms with van der Waals surface area (Å²) >= 11 is 0. The maximum atomic E-state index is 12.4. The molecule has 8 heteroatoms. The lowest BCUT2D eigenvalue weighted by molar-refractivity contribution is -0.402. The minimum atomic E-state index is -0.920. The molecule has 1 aromatic heterocycles. The molecule has 0 aliphatic carbocycles. The van der Waals surface area contributed by atoms with Gasteiger partial charge >= 0.3 is 11.9 Å². The third-order valence-corrected chi connectivity index (χ3v) is 3.78. The van der Waals surface area contributed by atoms with E-state index in [1.807, 2.05) is 31.2 Å². The monoisotopic (exact) mass is 330 g/mol. The van der Waals surface area contributed by atoms with Crippen molar-refractivity contribution >= 4 is 23.4 Å². The molecule has 0 N–H and O–H groups in total. The van der Waals surface area contributed by atoms with Crippen molar-refractivity contribution in [3.05, 3.63) is 57.8 Å². The topological polar surface area (TPSA) is 103 Å². The summed E-state index contributed by atoms with van der Waals surface area (Å²) in [5, 5.41) is 10.5. The van der Waals surface area contributed by atoms with Crippen LogP contribution in [-0.4, -0.2) is 29.4 Å². The minimum Gasteiger partial charge on any atom is -0.450 e. The zero-order valence-corrected chi connectivity index (χ0v) is 12.8. The van der Waals surface area contributed by atoms with Crippen molar-refractivity contribution in [2.75, 3.05) is 11.5 Å². The van der Waals surface area contributed by atoms with E-state index in [4.69, 9.17) is 9.15 Å². The molecule has 0 saturated carbocycles. The number of carbonyl (C=O) groups is 2. The molecule has 1 aliphatic rings. The molecule has 1 amide bonds. The summed E-state index contributed by atoms with van der Waals surface area (Å²) in [6.45, 7) is 1.45. The number of hydrogen-bond acceptors (Lipinski definition) is 6. The van der Waals surface area contributed by atoms with E-state index in [0.29, 0.717) is 0 Å². The second-order valence-corrected chi connectivity index (χ2v) is 5.42. The molecular weight excluding hydrogens is 316 g/mol. The molecule has 0 bridgehead atoms. The third-order valence-electron chi connectivity index (χ3n) is 3.78. The van der Waals surface area contributed by atoms with Crippen LogP contribution in [0.2, 0.25) is 0 Å². The third kappa shape index (κ3) is 2.85. The Bertz CT molecular complexity index is 812. The average Bonchev–Trinajstić information content (AvgIpc) is 3.16. The van der Waals surface area contributed by atoms with E-state index in [0.717, 1.165) is 29.8 Å². The summed E-state index contributed by atoms with van der Waals surface area (Å²) < 4.78 is 9.66. The predicted octanol–water partition coefficient (Wildman–Crippen LogP) is 2.32. The van der Waals surface area contributed by atoms with Gasteiger partial charge in [-0.25, -0.2) is 4.79 Å². The molecular formula is C16H14N2O6. The molecule has 0 unspecified atom stereocenters. The van der Waals surface area contributed by atoms with E-state index < -0.39 is 23.4 Å². The summed E-state index contributed by atoms with van der Waals surface area (Å²) in [6, 6.07) is 9.70. The fourth-order valence-electron chi connectivity index (χ4n) is 2.75. The number of hydrogen-bond donors (Lipinski definition) is 0. The van der Waals surface area contributed by atoms with Gasteiger partial charge in [0.1, 0.15) is 4.92 Å². The lowest BCUT2D eigenvalue weighted by Crippen LogP contribution is -2.38. The van der Waals surface area contributed by atoms with Crippen LogP contribution in [0.1, 0.15) is 23.0 Å². The molecule has 124 valence electrons. The van der Waals surface area contributed by atoms with Crippen molar-refractivity contribution in [3.8, 4) is 0 Å². The SMILES string of the molecule is C[C@H]1Cc2ccccc2N1C(=O)COC(=O)c1ccc([N+](=O)[O-])o1. The van der Waals surface area contributed by atoms with Crippen LogP contribution in [0.25, 0.3) is 0 Å². The molecule has 0 saturated heterocycles. The first-order valence-electron chi connectivity index (χ1n) is 7.28. The Morgan fingerprint density at radius 3 is 2.79 bits per heavy atom. The number of nitro groups is 1. The number of ether oxygens (including phenoxy) is 1. The van der Waals surface area contributed by atoms with Gasteiger partial charge in [-0.05, 0) is 31.0 Å². The molecule has 0 fully saturated rings. The van der Waals surface area contributed by atoms with Crippen LogP contribution in [-0.2, 0) is 16.0 Å². The number of esters is 1. The summed E-state index contributed by atoms with van der Waals surface area (Å²) in [4.78, 5) is 35.6. The summed E-state index contributed by atoms with van der Waals surface area (Å²) in [5.74, 6) is -2.15. The molecule has 2 aromatic rings. The van der Waals surface area contributed by atoms with Gasteiger partial charge in [0.15, 0.2) is 6.61 Å². The van der Waals surface area contributed by atoms with Gasteiger partial charge in [0.2, 0.25) is 5.76 Å². The van der Waals surface area contributed by atoms with Gasteiger partial charge in [-0.3, -0.25) is 14.9 Å². The fourth-order valence-corrected chi connectivity index (χ4v) is 2.75. The quantitative estimate of drug-likeness (QED) is 0.484. The molecule has 0 radical (unpaired) electrons. The van der Waals surface area contributed by atoms with Crippen LogP contribution in [0.15, 0.2) is 40.8 Å². The number of furan rings is 1. The van der Waals surface area contributed by atoms with Crippen LogP contribution in [0.4, 0.5) is 11.6 Å². The molecule has 3 rings (SSSR count). The largest absolute Gasteiger partial charge is 0.450 e. The Morgan fingerprint density at radius 2 is 2.08 bits per heavy atom. The number of benzene rings is 1. The highest BCUT2D eigenvalue weighted by molar-refractivity contribution is 5.98. The maximum absolute atomic E-state index is 12.4. The lowest BCUT2D eigenvalue weighted by Gasteiger charge is -2.22. The van der Waals surface area contributed by atoms with Gasteiger partial charge in [0.25, 0.3) is 5.91 Å². The first-order chi connectivity index (χ1) is 11.5. The highest BCUT2D eigenvalue weighted by Gasteiger charge is 2.31. The van der Waals surface area contributed by atoms with Gasteiger partial charge in [0, 0.05) is 11.7 Å². The second kappa shape index (κ2) is 6.15. The first kappa shape index (κ1) is 15.7. The summed E-state index contributed by atoms with van der Waals surface area (Å²) in [5.41, 5.74) is 1.87. The molecule has 1 atom stereocenters. The number of anilines is 1. The van der Waals surface area contributed by atoms with Crippen molar-refractivity contribution < 1.29 is 23.7 Å². The second-order valence-electron chi connectivity index (χ2n) is 5.42. The first-order valence-corrected chi connectivity index (χ1v) is 7.28. The molecule has 0 spiro atoms. The van der Waals surface area contributed by atoms with Crippen LogP contribution >= 0.6 is 0 Å². The maximum Gasteiger partial charge on any atom is 0.433 e. The number of carbonyl (C=O) groups excluding carboxylic acids is 2. The van der Waals surface area contributed by atoms with Crippen LogP contribution in [0.3, 0.4) is 0 Å². The number of fused-ring (bicyclic) bond motifs is 1. The Balaban J connectivity index is 1.65. The van der Waals surface area contributed by atoms with Gasteiger partial charge in [-0.2, -0.15) is 0 Å². The summed E-state index contributed by atoms with van der Waals surface area (Å²) in [6.07, 6.45) is 0.736. The predicted molar refractivity (Wildman–Crippen MR) is 82.7 cm³/mol. The molecule has 1 aromatic carbocycles. The number of amides is 1. The average molecular weight is 330 g/mol. The standard InChI is InChI=1S/C16H14N2O6/c1-10-8-11-4-2-3-5-12(11)17(10)14(19)9-23-16(20)13-6-7-15(24-13)18(21)22/h2-7,10H,8-9H2,1H3/t10-/m0/s1. The number of nitrogens with zero attached hydrogens (tertiary/aromatic N) is 2. The molecule has 8 nitrogen and oxygen atoms in total. The van der Waals surface area contributed by atoms with Crippen molar-refractivity contribution in [1.82, 2.24) is 0 Å². The van der Waals surface area contributed by atoms with Crippen LogP contribution < -0.4 is 4.90 Å². The minimum absolute atomic E-state index is 0.0293. The van der Waals surface area contributed by atoms with Gasteiger partial charge in [-0.15, -0.1) is 0 Å². The van der Waals surface area contributed by atoms with Crippen molar-refractivity contribution in [2.45, 2.75) is 19.4 Å². The van der Waals surface area contributed by atoms with Gasteiger partial charge in [-0.1, -0.05) is 18.2 Å². The fraction of sp³-hybridized carbons (Fsp3) is 0.250. The van der Waals surface area contributed by atoms with Crippen molar-refractivity contribution in [1.29, 1.82) is 0 Å². The van der Waals surface area contributed by atoms with E-state index in [9.17, 15) is 19.7 Å². The Hall–Kier alpha value is -3.16. The van der Waals surface area contributed by atoms with Crippen LogP contribution in [0, 0.1) is 10.1 Å².